The van der Waals surface area contributed by atoms with E-state index in [2.05, 4.69) is 155 Å². The van der Waals surface area contributed by atoms with Crippen molar-refractivity contribution in [2.24, 2.45) is 0 Å². The zero-order valence-electron chi connectivity index (χ0n) is 52.6. The van der Waals surface area contributed by atoms with E-state index in [4.69, 9.17) is 98.5 Å². The first-order valence-corrected chi connectivity index (χ1v) is 33.0. The van der Waals surface area contributed by atoms with Crippen LogP contribution in [0.3, 0.4) is 0 Å². The summed E-state index contributed by atoms with van der Waals surface area (Å²) in [6.07, 6.45) is -1.05. The first-order chi connectivity index (χ1) is 45.1. The minimum absolute atomic E-state index is 0. The van der Waals surface area contributed by atoms with Crippen molar-refractivity contribution in [2.45, 2.75) is 207 Å². The van der Waals surface area contributed by atoms with Gasteiger partial charge < -0.3 is 29.2 Å². The Labute approximate surface area is 689 Å². The van der Waals surface area contributed by atoms with Crippen molar-refractivity contribution in [2.75, 3.05) is 17.1 Å². The number of aliphatic carboxylic acids is 1. The Bertz CT molecular complexity index is 2240. The molecule has 0 amide bonds. The van der Waals surface area contributed by atoms with Gasteiger partial charge >= 0.3 is 90.6 Å². The Morgan fingerprint density at radius 3 is 1.04 bits per heavy atom. The Kier molecular flexibility index (Phi) is 90.1. The summed E-state index contributed by atoms with van der Waals surface area (Å²) in [6.45, 7) is 21.9. The smallest absolute Gasteiger partial charge is 0.459 e. The van der Waals surface area contributed by atoms with Gasteiger partial charge in [0.1, 0.15) is 18.5 Å². The van der Waals surface area contributed by atoms with Gasteiger partial charge in [0.25, 0.3) is 0 Å². The minimum Gasteiger partial charge on any atom is -0.476 e. The molecule has 0 heterocycles. The van der Waals surface area contributed by atoms with Crippen molar-refractivity contribution < 1.29 is 202 Å². The van der Waals surface area contributed by atoms with Gasteiger partial charge in [0.05, 0.1) is 17.6 Å². The maximum Gasteiger partial charge on any atom is 0.459 e. The van der Waals surface area contributed by atoms with Gasteiger partial charge in [-0.1, -0.05) is 112 Å². The van der Waals surface area contributed by atoms with Crippen molar-refractivity contribution in [1.82, 2.24) is 0 Å². The van der Waals surface area contributed by atoms with E-state index in [9.17, 15) is 120 Å². The summed E-state index contributed by atoms with van der Waals surface area (Å²) in [4.78, 5) is 39.6. The fourth-order valence-electron chi connectivity index (χ4n) is 3.96. The van der Waals surface area contributed by atoms with Gasteiger partial charge in [-0.15, -0.1) is 66.1 Å². The molecule has 54 heteroatoms. The maximum atomic E-state index is 14.0. The molecule has 2 N–H and O–H groups in total. The third kappa shape index (κ3) is 66.4. The summed E-state index contributed by atoms with van der Waals surface area (Å²) >= 11 is 63.5. The quantitative estimate of drug-likeness (QED) is 0.0131. The largest absolute Gasteiger partial charge is 0.476 e. The van der Waals surface area contributed by atoms with Crippen molar-refractivity contribution in [3.05, 3.63) is 56.4 Å². The Morgan fingerprint density at radius 2 is 0.856 bits per heavy atom. The topological polar surface area (TPSA) is 146 Å². The molecule has 0 aliphatic carbocycles. The van der Waals surface area contributed by atoms with Crippen molar-refractivity contribution >= 4 is 213 Å². The molecule has 0 aliphatic rings. The zero-order chi connectivity index (χ0) is 84.2. The van der Waals surface area contributed by atoms with Gasteiger partial charge in [-0.05, 0) is 120 Å². The number of alkyl halides is 36. The number of ether oxygens (including phenoxy) is 4. The van der Waals surface area contributed by atoms with Gasteiger partial charge in [0.15, 0.2) is 0 Å². The Hall–Kier alpha value is 0.957. The number of aliphatic hydroxyl groups excluding tert-OH is 1. The number of aldehydes is 1. The number of rotatable bonds is 31. The first kappa shape index (κ1) is 137. The Balaban J connectivity index is -0.0000000771. The van der Waals surface area contributed by atoms with Gasteiger partial charge in [-0.3, -0.25) is 4.74 Å². The van der Waals surface area contributed by atoms with Gasteiger partial charge in [-0.25, -0.2) is 18.8 Å². The van der Waals surface area contributed by atoms with Crippen LogP contribution in [0, 0.1) is 0 Å². The average molecular weight is 2060 g/mol. The number of carbonyl (C=O) groups excluding carboxylic acids is 3. The molecule has 0 aliphatic heterocycles. The Morgan fingerprint density at radius 1 is 0.558 bits per heavy atom. The van der Waals surface area contributed by atoms with Crippen molar-refractivity contribution in [3.63, 3.8) is 0 Å². The number of allylic oxidation sites excluding steroid dienone is 1. The zero-order valence-corrected chi connectivity index (χ0v) is 71.5. The molecule has 0 rings (SSSR count). The molecule has 0 bridgehead atoms. The van der Waals surface area contributed by atoms with E-state index < -0.39 is 120 Å². The van der Waals surface area contributed by atoms with Crippen LogP contribution >= 0.6 is 188 Å². The molecular formula is C50H64BrCl15F26O10Zn2. The fourth-order valence-corrected chi connectivity index (χ4v) is 5.28. The number of hydrogen-bond donors (Lipinski definition) is 2. The SMILES string of the molecule is C.C=C=C(F)F.C=CCBr.C=CCC(CC)OC(=O)C(F)(F)Cl.C=CCC(O)CC.CCC(CC(Cl)CCl)OC(=O)C(F)(F)Cl.CCC(CC(Cl)CCl)OC(Cl)C(F)(F)Cl.CCC=O.ClCl.FC(F)(F)C(F)(F)C(F)(OC(F)(Cl)C(F)(F)Cl)C(F)(F)C(F)(Cl)C(F)(F)Cl.FF.O=C(O)C(F)(F)Cl.[Zn].[Zn]. The molecule has 0 radical (unpaired) electrons. The molecule has 104 heavy (non-hydrogen) atoms. The average Bonchev–Trinajstić information content (AvgIpc) is 0.702. The van der Waals surface area contributed by atoms with Gasteiger partial charge in [-0.2, -0.15) is 101 Å². The molecule has 0 saturated heterocycles. The van der Waals surface area contributed by atoms with Crippen LogP contribution in [0.15, 0.2) is 56.4 Å². The normalized spacial score (nSPS) is 14.9. The van der Waals surface area contributed by atoms with Crippen LogP contribution in [0.5, 0.6) is 0 Å². The number of carbonyl (C=O) groups is 4. The molecular weight excluding hydrogens is 2000 g/mol. The van der Waals surface area contributed by atoms with E-state index in [1.165, 1.54) is 11.8 Å². The summed E-state index contributed by atoms with van der Waals surface area (Å²) in [5.41, 5.74) is -0.497. The number of aliphatic hydroxyl groups is 1. The summed E-state index contributed by atoms with van der Waals surface area (Å²) in [5, 5.41) is -24.7. The number of carboxylic acids is 1. The summed E-state index contributed by atoms with van der Waals surface area (Å²) in [5.74, 6) is -28.8. The molecule has 0 aromatic rings. The van der Waals surface area contributed by atoms with E-state index in [0.29, 0.717) is 38.5 Å². The van der Waals surface area contributed by atoms with E-state index in [0.717, 1.165) is 24.5 Å². The van der Waals surface area contributed by atoms with Gasteiger partial charge in [0.2, 0.25) is 5.56 Å². The second kappa shape index (κ2) is 68.4. The van der Waals surface area contributed by atoms with E-state index in [-0.39, 0.29) is 76.0 Å². The van der Waals surface area contributed by atoms with Crippen molar-refractivity contribution in [1.29, 1.82) is 0 Å². The standard InChI is InChI=1S/C8Cl4F14O.C8H12Cl4F2O.C8H11Cl3F2O2.C8H11ClF2O2.C6H12O.C3H5Br.C3H2F2.C3H6O.C2HClF2O2.CH4.Cl2.F2.2Zn/c9-1(13,5(10,19)20)2(14,15)4(18,3(16,17)8(24,25)26)27-7(12,23)6(11,21)22;1-2-6(3-5(10)4-9)15-7(11)8(12,13)14;1-2-6(3-5(10)4-9)15-7(14)8(11,12)13;1-3-5-6(4-2)13-7(12)8(9,10)11;1-3-5-6(7)4-2;1-2-3-4;1-2-3(4)5;1-2-3-4;3-2(4,5)1(6)7;;2*1-2;;/h;5-7H,2-4H2,1H3;5-6H,2-4H2,1H3;3,6H,1,4-5H2,2H3;3,6-7H,1,4-5H2,2H3;2H,1,3H2;1H2;3H,2H2,1H3;(H,6,7);1H4;;;;. The summed E-state index contributed by atoms with van der Waals surface area (Å²) < 4.78 is 330. The van der Waals surface area contributed by atoms with Crippen LogP contribution < -0.4 is 0 Å². The number of carboxylic acid groups (broad SMARTS) is 1. The van der Waals surface area contributed by atoms with Crippen molar-refractivity contribution in [3.8, 4) is 0 Å². The first-order valence-electron chi connectivity index (χ1n) is 25.3. The molecule has 0 saturated carbocycles. The molecule has 622 valence electrons. The molecule has 0 aromatic heterocycles. The minimum atomic E-state index is -7.90. The number of hydrogen-bond acceptors (Lipinski definition) is 9. The van der Waals surface area contributed by atoms with Crippen LogP contribution in [-0.2, 0) is 77.1 Å². The van der Waals surface area contributed by atoms with E-state index >= 15 is 0 Å². The van der Waals surface area contributed by atoms with E-state index in [1.54, 1.807) is 32.9 Å². The third-order valence-corrected chi connectivity index (χ3v) is 13.6. The molecule has 10 unspecified atom stereocenters. The van der Waals surface area contributed by atoms with Crippen LogP contribution in [0.25, 0.3) is 0 Å². The molecule has 10 nitrogen and oxygen atoms in total. The predicted octanol–water partition coefficient (Wildman–Crippen LogP) is 26.2. The summed E-state index contributed by atoms with van der Waals surface area (Å²) in [6, 6.07) is 0. The number of halogens is 42. The van der Waals surface area contributed by atoms with E-state index in [1.807, 2.05) is 18.6 Å². The van der Waals surface area contributed by atoms with Crippen LogP contribution in [-0.4, -0.2) is 159 Å². The van der Waals surface area contributed by atoms with Crippen LogP contribution in [0.4, 0.5) is 115 Å². The number of esters is 2. The van der Waals surface area contributed by atoms with Crippen LogP contribution in [0.2, 0.25) is 0 Å². The molecule has 0 fully saturated rings. The van der Waals surface area contributed by atoms with Crippen LogP contribution in [0.1, 0.15) is 99.8 Å². The monoisotopic (exact) mass is 2050 g/mol. The molecule has 10 atom stereocenters. The predicted molar refractivity (Wildman–Crippen MR) is 350 cm³/mol. The molecule has 0 spiro atoms. The fraction of sp³-hybridized carbons (Fsp3) is 0.740. The van der Waals surface area contributed by atoms with Gasteiger partial charge in [0, 0.05) is 112 Å². The maximum absolute atomic E-state index is 14.0. The third-order valence-electron chi connectivity index (χ3n) is 8.82. The summed E-state index contributed by atoms with van der Waals surface area (Å²) in [7, 11) is 8.22. The second-order valence-electron chi connectivity index (χ2n) is 16.7. The second-order valence-corrected chi connectivity index (χ2v) is 23.4. The molecule has 0 aromatic carbocycles.